The van der Waals surface area contributed by atoms with Crippen LogP contribution >= 0.6 is 34.2 Å². The molecule has 1 aliphatic rings. The Bertz CT molecular complexity index is 207. The third kappa shape index (κ3) is 6.30. The first kappa shape index (κ1) is 14.6. The largest absolute Gasteiger partial charge is 0.353 e. The highest BCUT2D eigenvalue weighted by Gasteiger charge is 2.15. The number of rotatable bonds is 7. The summed E-state index contributed by atoms with van der Waals surface area (Å²) in [6, 6.07) is 0.192. The van der Waals surface area contributed by atoms with Crippen LogP contribution in [0.2, 0.25) is 0 Å². The van der Waals surface area contributed by atoms with Crippen molar-refractivity contribution in [1.29, 1.82) is 0 Å². The molecule has 0 radical (unpaired) electrons. The molecular weight excluding hydrogens is 258 g/mol. The zero-order valence-corrected chi connectivity index (χ0v) is 12.3. The number of hydrogen-bond acceptors (Lipinski definition) is 4. The minimum absolute atomic E-state index is 0.176. The van der Waals surface area contributed by atoms with Crippen molar-refractivity contribution >= 4 is 40.1 Å². The van der Waals surface area contributed by atoms with Gasteiger partial charge in [-0.3, -0.25) is 4.79 Å². The number of carbonyl (C=O) groups excluding carboxylic acids is 1. The molecule has 1 amide bonds. The van der Waals surface area contributed by atoms with Crippen LogP contribution < -0.4 is 5.32 Å². The van der Waals surface area contributed by atoms with E-state index in [2.05, 4.69) is 17.9 Å². The van der Waals surface area contributed by atoms with Crippen LogP contribution in [0.5, 0.6) is 0 Å². The second kappa shape index (κ2) is 8.59. The van der Waals surface area contributed by atoms with E-state index in [0.717, 1.165) is 11.7 Å². The highest BCUT2D eigenvalue weighted by atomic mass is 33.1. The Morgan fingerprint density at radius 1 is 1.56 bits per heavy atom. The molecule has 94 valence electrons. The van der Waals surface area contributed by atoms with Crippen molar-refractivity contribution in [2.45, 2.75) is 50.3 Å². The molecule has 0 aromatic carbocycles. The number of amides is 1. The maximum absolute atomic E-state index is 11.5. The summed E-state index contributed by atoms with van der Waals surface area (Å²) >= 11 is 4.14. The second-order valence-electron chi connectivity index (χ2n) is 4.23. The zero-order chi connectivity index (χ0) is 11.8. The molecule has 1 aliphatic heterocycles. The Labute approximate surface area is 112 Å². The fourth-order valence-corrected chi connectivity index (χ4v) is 4.73. The van der Waals surface area contributed by atoms with E-state index in [4.69, 9.17) is 0 Å². The molecule has 1 heterocycles. The lowest BCUT2D eigenvalue weighted by Crippen LogP contribution is -2.33. The van der Waals surface area contributed by atoms with Gasteiger partial charge in [-0.25, -0.2) is 0 Å². The molecule has 0 saturated carbocycles. The van der Waals surface area contributed by atoms with E-state index in [1.54, 1.807) is 0 Å². The van der Waals surface area contributed by atoms with Crippen LogP contribution in [-0.4, -0.2) is 28.7 Å². The van der Waals surface area contributed by atoms with Crippen LogP contribution in [0.25, 0.3) is 0 Å². The smallest absolute Gasteiger partial charge is 0.220 e. The van der Waals surface area contributed by atoms with Crippen LogP contribution in [0.1, 0.15) is 39.0 Å². The first-order valence-electron chi connectivity index (χ1n) is 5.91. The van der Waals surface area contributed by atoms with Gasteiger partial charge < -0.3 is 5.32 Å². The predicted octanol–water partition coefficient (Wildman–Crippen LogP) is 3.14. The molecule has 2 unspecified atom stereocenters. The molecule has 16 heavy (non-hydrogen) atoms. The molecule has 0 bridgehead atoms. The molecule has 1 rings (SSSR count). The number of thiol groups is 1. The average molecular weight is 279 g/mol. The van der Waals surface area contributed by atoms with Gasteiger partial charge in [-0.05, 0) is 26.2 Å². The van der Waals surface area contributed by atoms with Gasteiger partial charge in [0.15, 0.2) is 0 Å². The van der Waals surface area contributed by atoms with Crippen molar-refractivity contribution in [3.63, 3.8) is 0 Å². The Balaban J connectivity index is 1.95. The SMILES string of the molecule is CC(CS)NC(=O)CCCCC1CCSS1. The van der Waals surface area contributed by atoms with E-state index in [-0.39, 0.29) is 11.9 Å². The number of carbonyl (C=O) groups is 1. The molecule has 1 N–H and O–H groups in total. The summed E-state index contributed by atoms with van der Waals surface area (Å²) in [6.45, 7) is 1.98. The molecule has 1 saturated heterocycles. The number of nitrogens with one attached hydrogen (secondary N) is 1. The Morgan fingerprint density at radius 2 is 2.38 bits per heavy atom. The standard InChI is InChI=1S/C11H21NOS3/c1-9(8-14)12-11(13)5-3-2-4-10-6-7-15-16-10/h9-10,14H,2-8H2,1H3,(H,12,13). The van der Waals surface area contributed by atoms with E-state index in [1.165, 1.54) is 25.0 Å². The van der Waals surface area contributed by atoms with Gasteiger partial charge in [0.1, 0.15) is 0 Å². The van der Waals surface area contributed by atoms with E-state index in [0.29, 0.717) is 12.2 Å². The minimum Gasteiger partial charge on any atom is -0.353 e. The maximum Gasteiger partial charge on any atom is 0.220 e. The third-order valence-electron chi connectivity index (χ3n) is 2.59. The van der Waals surface area contributed by atoms with Crippen molar-refractivity contribution < 1.29 is 4.79 Å². The number of hydrogen-bond donors (Lipinski definition) is 2. The molecule has 2 atom stereocenters. The molecule has 0 aromatic heterocycles. The molecule has 1 fully saturated rings. The lowest BCUT2D eigenvalue weighted by Gasteiger charge is -2.11. The van der Waals surface area contributed by atoms with Crippen LogP contribution in [0.15, 0.2) is 0 Å². The number of unbranched alkanes of at least 4 members (excludes halogenated alkanes) is 1. The molecule has 0 aromatic rings. The summed E-state index contributed by atoms with van der Waals surface area (Å²) in [5.74, 6) is 2.19. The normalized spacial score (nSPS) is 22.0. The van der Waals surface area contributed by atoms with Crippen molar-refractivity contribution in [2.75, 3.05) is 11.5 Å². The van der Waals surface area contributed by atoms with Gasteiger partial charge >= 0.3 is 0 Å². The van der Waals surface area contributed by atoms with Gasteiger partial charge in [0.2, 0.25) is 5.91 Å². The van der Waals surface area contributed by atoms with Gasteiger partial charge in [-0.1, -0.05) is 28.0 Å². The summed E-state index contributed by atoms with van der Waals surface area (Å²) in [7, 11) is 4.01. The molecule has 5 heteroatoms. The molecule has 0 aliphatic carbocycles. The molecule has 0 spiro atoms. The van der Waals surface area contributed by atoms with Gasteiger partial charge in [0.05, 0.1) is 0 Å². The Morgan fingerprint density at radius 3 is 3.00 bits per heavy atom. The van der Waals surface area contributed by atoms with E-state index in [1.807, 2.05) is 28.5 Å². The highest BCUT2D eigenvalue weighted by molar-refractivity contribution is 8.77. The maximum atomic E-state index is 11.5. The van der Waals surface area contributed by atoms with Crippen molar-refractivity contribution in [3.8, 4) is 0 Å². The monoisotopic (exact) mass is 279 g/mol. The highest BCUT2D eigenvalue weighted by Crippen LogP contribution is 2.39. The van der Waals surface area contributed by atoms with Crippen LogP contribution in [0, 0.1) is 0 Å². The first-order chi connectivity index (χ1) is 7.72. The van der Waals surface area contributed by atoms with Crippen molar-refractivity contribution in [1.82, 2.24) is 5.32 Å². The minimum atomic E-state index is 0.176. The lowest BCUT2D eigenvalue weighted by molar-refractivity contribution is -0.121. The van der Waals surface area contributed by atoms with E-state index in [9.17, 15) is 4.79 Å². The summed E-state index contributed by atoms with van der Waals surface area (Å²) in [5, 5.41) is 3.77. The topological polar surface area (TPSA) is 29.1 Å². The quantitative estimate of drug-likeness (QED) is 0.426. The Kier molecular flexibility index (Phi) is 7.83. The predicted molar refractivity (Wildman–Crippen MR) is 78.4 cm³/mol. The van der Waals surface area contributed by atoms with Gasteiger partial charge in [-0.15, -0.1) is 0 Å². The lowest BCUT2D eigenvalue weighted by atomic mass is 10.1. The van der Waals surface area contributed by atoms with E-state index < -0.39 is 0 Å². The summed E-state index contributed by atoms with van der Waals surface area (Å²) in [6.07, 6.45) is 5.49. The molecule has 2 nitrogen and oxygen atoms in total. The van der Waals surface area contributed by atoms with Crippen LogP contribution in [0.3, 0.4) is 0 Å². The average Bonchev–Trinajstić information content (AvgIpc) is 2.77. The Hall–Kier alpha value is 0.520. The zero-order valence-electron chi connectivity index (χ0n) is 9.78. The van der Waals surface area contributed by atoms with Gasteiger partial charge in [0, 0.05) is 29.2 Å². The van der Waals surface area contributed by atoms with Crippen molar-refractivity contribution in [2.24, 2.45) is 0 Å². The summed E-state index contributed by atoms with van der Waals surface area (Å²) in [5.41, 5.74) is 0. The van der Waals surface area contributed by atoms with Crippen LogP contribution in [0.4, 0.5) is 0 Å². The van der Waals surface area contributed by atoms with Crippen LogP contribution in [-0.2, 0) is 4.79 Å². The fourth-order valence-electron chi connectivity index (χ4n) is 1.61. The second-order valence-corrected chi connectivity index (χ2v) is 7.38. The fraction of sp³-hybridized carbons (Fsp3) is 0.909. The third-order valence-corrected chi connectivity index (χ3v) is 6.14. The van der Waals surface area contributed by atoms with E-state index >= 15 is 0 Å². The summed E-state index contributed by atoms with van der Waals surface area (Å²) in [4.78, 5) is 11.5. The summed E-state index contributed by atoms with van der Waals surface area (Å²) < 4.78 is 0. The first-order valence-corrected chi connectivity index (χ1v) is 8.92. The van der Waals surface area contributed by atoms with Crippen molar-refractivity contribution in [3.05, 3.63) is 0 Å². The van der Waals surface area contributed by atoms with Gasteiger partial charge in [-0.2, -0.15) is 12.6 Å². The van der Waals surface area contributed by atoms with Gasteiger partial charge in [0.25, 0.3) is 0 Å². The molecular formula is C11H21NOS3.